The molecule has 66 valence electrons. The molecule has 0 bridgehead atoms. The Morgan fingerprint density at radius 1 is 1.18 bits per heavy atom. The summed E-state index contributed by atoms with van der Waals surface area (Å²) >= 11 is 0. The van der Waals surface area contributed by atoms with Gasteiger partial charge >= 0.3 is 0 Å². The molecule has 1 fully saturated rings. The summed E-state index contributed by atoms with van der Waals surface area (Å²) in [5.74, 6) is 0. The third kappa shape index (κ3) is 1.85. The Bertz CT molecular complexity index is 231. The highest BCUT2D eigenvalue weighted by Gasteiger charge is 2.43. The minimum Gasteiger partial charge on any atom is -0.225 e. The lowest BCUT2D eigenvalue weighted by Gasteiger charge is -2.25. The lowest BCUT2D eigenvalue weighted by atomic mass is 9.98. The third-order valence-electron chi connectivity index (χ3n) is 2.04. The van der Waals surface area contributed by atoms with E-state index in [1.165, 1.54) is 0 Å². The van der Waals surface area contributed by atoms with Gasteiger partial charge in [0.1, 0.15) is 0 Å². The second-order valence-corrected chi connectivity index (χ2v) is 5.71. The van der Waals surface area contributed by atoms with Crippen molar-refractivity contribution < 1.29 is 12.8 Å². The van der Waals surface area contributed by atoms with Gasteiger partial charge < -0.3 is 0 Å². The first-order valence-electron chi connectivity index (χ1n) is 3.59. The molecule has 1 saturated carbocycles. The maximum absolute atomic E-state index is 13.4. The van der Waals surface area contributed by atoms with Crippen LogP contribution in [0.25, 0.3) is 0 Å². The van der Waals surface area contributed by atoms with E-state index in [0.717, 1.165) is 6.42 Å². The van der Waals surface area contributed by atoms with Crippen molar-refractivity contribution >= 4 is 19.7 Å². The molecule has 0 aromatic heterocycles. The molecule has 0 aromatic rings. The highest BCUT2D eigenvalue weighted by molar-refractivity contribution is 8.14. The molecule has 0 N–H and O–H groups in total. The van der Waals surface area contributed by atoms with E-state index in [4.69, 9.17) is 10.7 Å². The summed E-state index contributed by atoms with van der Waals surface area (Å²) in [4.78, 5) is 0. The predicted molar refractivity (Wildman–Crippen MR) is 41.7 cm³/mol. The molecule has 0 aromatic carbocycles. The summed E-state index contributed by atoms with van der Waals surface area (Å²) in [5, 5.41) is -2.15. The van der Waals surface area contributed by atoms with E-state index in [-0.39, 0.29) is 12.8 Å². The van der Waals surface area contributed by atoms with Crippen LogP contribution < -0.4 is 0 Å². The zero-order valence-electron chi connectivity index (χ0n) is 6.02. The first kappa shape index (κ1) is 9.26. The molecule has 0 saturated heterocycles. The summed E-state index contributed by atoms with van der Waals surface area (Å²) in [6.07, 6.45) is 2.24. The quantitative estimate of drug-likeness (QED) is 0.608. The summed E-state index contributed by atoms with van der Waals surface area (Å²) in [6.45, 7) is 0. The van der Waals surface area contributed by atoms with Gasteiger partial charge in [-0.15, -0.1) is 0 Å². The third-order valence-corrected chi connectivity index (χ3v) is 4.15. The number of halogens is 2. The molecule has 0 unspecified atom stereocenters. The van der Waals surface area contributed by atoms with Crippen LogP contribution in [0.1, 0.15) is 32.1 Å². The fourth-order valence-corrected chi connectivity index (χ4v) is 2.56. The lowest BCUT2D eigenvalue weighted by Crippen LogP contribution is -2.32. The van der Waals surface area contributed by atoms with Crippen molar-refractivity contribution in [3.63, 3.8) is 0 Å². The zero-order valence-corrected chi connectivity index (χ0v) is 7.59. The normalized spacial score (nSPS) is 24.9. The van der Waals surface area contributed by atoms with E-state index < -0.39 is 14.1 Å². The van der Waals surface area contributed by atoms with Crippen LogP contribution in [0.5, 0.6) is 0 Å². The van der Waals surface area contributed by atoms with Crippen LogP contribution >= 0.6 is 10.7 Å². The molecule has 0 radical (unpaired) electrons. The van der Waals surface area contributed by atoms with Crippen molar-refractivity contribution in [1.82, 2.24) is 0 Å². The van der Waals surface area contributed by atoms with Crippen LogP contribution in [0.4, 0.5) is 4.39 Å². The average molecular weight is 201 g/mol. The molecule has 0 spiro atoms. The van der Waals surface area contributed by atoms with Gasteiger partial charge in [-0.05, 0) is 25.7 Å². The second kappa shape index (κ2) is 2.90. The minimum atomic E-state index is -4.02. The summed E-state index contributed by atoms with van der Waals surface area (Å²) < 4.78 is 34.8. The Morgan fingerprint density at radius 2 is 1.64 bits per heavy atom. The Hall–Kier alpha value is 0.170. The van der Waals surface area contributed by atoms with Crippen LogP contribution in [-0.2, 0) is 9.05 Å². The molecule has 0 aliphatic heterocycles. The molecule has 2 nitrogen and oxygen atoms in total. The van der Waals surface area contributed by atoms with Crippen molar-refractivity contribution in [2.24, 2.45) is 0 Å². The van der Waals surface area contributed by atoms with Gasteiger partial charge in [-0.1, -0.05) is 6.42 Å². The first-order valence-corrected chi connectivity index (χ1v) is 5.90. The predicted octanol–water partition coefficient (Wildman–Crippen LogP) is 2.18. The summed E-state index contributed by atoms with van der Waals surface area (Å²) in [7, 11) is 0.931. The van der Waals surface area contributed by atoms with Crippen LogP contribution in [0.2, 0.25) is 0 Å². The second-order valence-electron chi connectivity index (χ2n) is 2.88. The van der Waals surface area contributed by atoms with Gasteiger partial charge in [0.05, 0.1) is 0 Å². The Labute approximate surface area is 70.2 Å². The molecule has 5 heteroatoms. The monoisotopic (exact) mass is 200 g/mol. The lowest BCUT2D eigenvalue weighted by molar-refractivity contribution is 0.199. The van der Waals surface area contributed by atoms with Gasteiger partial charge in [0.25, 0.3) is 9.05 Å². The van der Waals surface area contributed by atoms with E-state index in [0.29, 0.717) is 12.8 Å². The Morgan fingerprint density at radius 3 is 1.91 bits per heavy atom. The maximum atomic E-state index is 13.4. The maximum Gasteiger partial charge on any atom is 0.267 e. The van der Waals surface area contributed by atoms with Crippen molar-refractivity contribution in [3.8, 4) is 0 Å². The van der Waals surface area contributed by atoms with Crippen molar-refractivity contribution in [3.05, 3.63) is 0 Å². The summed E-state index contributed by atoms with van der Waals surface area (Å²) in [6, 6.07) is 0. The van der Waals surface area contributed by atoms with Crippen LogP contribution in [0.3, 0.4) is 0 Å². The number of alkyl halides is 1. The average Bonchev–Trinajstić information content (AvgIpc) is 1.87. The van der Waals surface area contributed by atoms with Gasteiger partial charge in [-0.3, -0.25) is 0 Å². The van der Waals surface area contributed by atoms with Crippen LogP contribution in [-0.4, -0.2) is 13.4 Å². The molecular weight excluding hydrogens is 191 g/mol. The highest BCUT2D eigenvalue weighted by Crippen LogP contribution is 2.38. The molecule has 0 heterocycles. The molecular formula is C6H10ClFO2S. The fourth-order valence-electron chi connectivity index (χ4n) is 1.32. The Kier molecular flexibility index (Phi) is 2.44. The van der Waals surface area contributed by atoms with Gasteiger partial charge in [0.2, 0.25) is 5.00 Å². The first-order chi connectivity index (χ1) is 4.96. The standard InChI is InChI=1S/C6H10ClFO2S/c7-11(9,10)6(8)4-2-1-3-5-6/h1-5H2. The van der Waals surface area contributed by atoms with E-state index >= 15 is 0 Å². The van der Waals surface area contributed by atoms with Crippen molar-refractivity contribution in [1.29, 1.82) is 0 Å². The minimum absolute atomic E-state index is 0.0544. The van der Waals surface area contributed by atoms with Gasteiger partial charge in [-0.25, -0.2) is 12.8 Å². The number of hydrogen-bond acceptors (Lipinski definition) is 2. The molecule has 0 amide bonds. The van der Waals surface area contributed by atoms with E-state index in [2.05, 4.69) is 0 Å². The van der Waals surface area contributed by atoms with Crippen LogP contribution in [0, 0.1) is 0 Å². The van der Waals surface area contributed by atoms with Crippen LogP contribution in [0.15, 0.2) is 0 Å². The van der Waals surface area contributed by atoms with Crippen molar-refractivity contribution in [2.45, 2.75) is 37.1 Å². The largest absolute Gasteiger partial charge is 0.267 e. The Balaban J connectivity index is 2.81. The summed E-state index contributed by atoms with van der Waals surface area (Å²) in [5.41, 5.74) is 0. The topological polar surface area (TPSA) is 34.1 Å². The van der Waals surface area contributed by atoms with Gasteiger partial charge in [-0.2, -0.15) is 0 Å². The number of rotatable bonds is 1. The SMILES string of the molecule is O=S(=O)(Cl)C1(F)CCCCC1. The highest BCUT2D eigenvalue weighted by atomic mass is 35.7. The fraction of sp³-hybridized carbons (Fsp3) is 1.00. The molecule has 1 aliphatic carbocycles. The molecule has 1 rings (SSSR count). The molecule has 1 aliphatic rings. The van der Waals surface area contributed by atoms with Gasteiger partial charge in [0.15, 0.2) is 0 Å². The van der Waals surface area contributed by atoms with E-state index in [1.54, 1.807) is 0 Å². The van der Waals surface area contributed by atoms with Gasteiger partial charge in [0, 0.05) is 10.7 Å². The molecule has 0 atom stereocenters. The molecule has 11 heavy (non-hydrogen) atoms. The van der Waals surface area contributed by atoms with E-state index in [9.17, 15) is 12.8 Å². The number of hydrogen-bond donors (Lipinski definition) is 0. The zero-order chi connectivity index (χ0) is 8.54. The smallest absolute Gasteiger partial charge is 0.225 e. The van der Waals surface area contributed by atoms with Crippen molar-refractivity contribution in [2.75, 3.05) is 0 Å². The van der Waals surface area contributed by atoms with E-state index in [1.807, 2.05) is 0 Å².